The third kappa shape index (κ3) is 5.09. The minimum atomic E-state index is -0.814. The van der Waals surface area contributed by atoms with Crippen molar-refractivity contribution in [2.45, 2.75) is 6.42 Å². The Kier molecular flexibility index (Phi) is 6.05. The van der Waals surface area contributed by atoms with Gasteiger partial charge in [0.15, 0.2) is 6.61 Å². The number of aromatic nitrogens is 2. The summed E-state index contributed by atoms with van der Waals surface area (Å²) >= 11 is 0. The molecule has 0 radical (unpaired) electrons. The molecular weight excluding hydrogens is 406 g/mol. The molecule has 3 aromatic rings. The number of anilines is 1. The van der Waals surface area contributed by atoms with E-state index in [0.717, 1.165) is 0 Å². The van der Waals surface area contributed by atoms with Gasteiger partial charge in [-0.05, 0) is 24.3 Å². The van der Waals surface area contributed by atoms with Crippen molar-refractivity contribution in [3.63, 3.8) is 0 Å². The molecule has 2 aromatic carbocycles. The molecule has 11 heteroatoms. The van der Waals surface area contributed by atoms with Crippen molar-refractivity contribution >= 4 is 40.2 Å². The SMILES string of the molecule is NC(=O)c1cc(NC(=O)COC(=O)Cc2n[nH]c(=O)c3ccccc23)cc(C(N)=O)c1. The summed E-state index contributed by atoms with van der Waals surface area (Å²) in [6.45, 7) is -0.632. The van der Waals surface area contributed by atoms with Gasteiger partial charge in [-0.15, -0.1) is 0 Å². The molecular formula is C20H17N5O6. The number of nitrogens with one attached hydrogen (secondary N) is 2. The first kappa shape index (κ1) is 21.2. The molecule has 0 saturated heterocycles. The minimum absolute atomic E-state index is 0.0281. The van der Waals surface area contributed by atoms with Crippen LogP contribution in [0.3, 0.4) is 0 Å². The predicted molar refractivity (Wildman–Crippen MR) is 109 cm³/mol. The third-order valence-corrected chi connectivity index (χ3v) is 4.24. The van der Waals surface area contributed by atoms with Gasteiger partial charge in [-0.2, -0.15) is 5.10 Å². The quantitative estimate of drug-likeness (QED) is 0.380. The number of rotatable bonds is 7. The van der Waals surface area contributed by atoms with E-state index in [4.69, 9.17) is 16.2 Å². The topological polar surface area (TPSA) is 187 Å². The molecule has 3 amide bonds. The highest BCUT2D eigenvalue weighted by atomic mass is 16.5. The number of benzene rings is 2. The second-order valence-corrected chi connectivity index (χ2v) is 6.46. The Labute approximate surface area is 174 Å². The Hall–Kier alpha value is -4.54. The number of fused-ring (bicyclic) bond motifs is 1. The van der Waals surface area contributed by atoms with Crippen LogP contribution in [0.4, 0.5) is 5.69 Å². The molecule has 0 aliphatic carbocycles. The van der Waals surface area contributed by atoms with Gasteiger partial charge in [0.2, 0.25) is 11.8 Å². The van der Waals surface area contributed by atoms with Crippen LogP contribution in [0.25, 0.3) is 10.8 Å². The number of H-pyrrole nitrogens is 1. The highest BCUT2D eigenvalue weighted by Crippen LogP contribution is 2.15. The molecule has 0 bridgehead atoms. The monoisotopic (exact) mass is 423 g/mol. The molecule has 31 heavy (non-hydrogen) atoms. The molecule has 0 aliphatic heterocycles. The van der Waals surface area contributed by atoms with E-state index in [2.05, 4.69) is 15.5 Å². The maximum atomic E-state index is 12.1. The van der Waals surface area contributed by atoms with E-state index in [1.54, 1.807) is 24.3 Å². The average molecular weight is 423 g/mol. The first-order valence-electron chi connectivity index (χ1n) is 8.91. The van der Waals surface area contributed by atoms with Crippen molar-refractivity contribution in [3.05, 3.63) is 69.6 Å². The van der Waals surface area contributed by atoms with Gasteiger partial charge in [0, 0.05) is 22.2 Å². The maximum Gasteiger partial charge on any atom is 0.312 e. The van der Waals surface area contributed by atoms with Crippen LogP contribution in [0.5, 0.6) is 0 Å². The average Bonchev–Trinajstić information content (AvgIpc) is 2.74. The fourth-order valence-electron chi connectivity index (χ4n) is 2.82. The minimum Gasteiger partial charge on any atom is -0.455 e. The lowest BCUT2D eigenvalue weighted by atomic mass is 10.1. The Balaban J connectivity index is 1.65. The smallest absolute Gasteiger partial charge is 0.312 e. The molecule has 0 fully saturated rings. The number of nitrogens with two attached hydrogens (primary N) is 2. The summed E-state index contributed by atoms with van der Waals surface area (Å²) in [4.78, 5) is 58.8. The van der Waals surface area contributed by atoms with Crippen LogP contribution in [0.1, 0.15) is 26.4 Å². The largest absolute Gasteiger partial charge is 0.455 e. The molecule has 158 valence electrons. The highest BCUT2D eigenvalue weighted by Gasteiger charge is 2.15. The van der Waals surface area contributed by atoms with Gasteiger partial charge in [0.25, 0.3) is 11.5 Å². The number of carbonyl (C=O) groups is 4. The van der Waals surface area contributed by atoms with Crippen molar-refractivity contribution in [3.8, 4) is 0 Å². The van der Waals surface area contributed by atoms with Crippen LogP contribution in [0.15, 0.2) is 47.3 Å². The second-order valence-electron chi connectivity index (χ2n) is 6.46. The van der Waals surface area contributed by atoms with Crippen LogP contribution in [0.2, 0.25) is 0 Å². The molecule has 0 unspecified atom stereocenters. The second kappa shape index (κ2) is 8.86. The van der Waals surface area contributed by atoms with Crippen molar-refractivity contribution in [2.75, 3.05) is 11.9 Å². The van der Waals surface area contributed by atoms with Crippen LogP contribution < -0.4 is 22.3 Å². The van der Waals surface area contributed by atoms with E-state index >= 15 is 0 Å². The van der Waals surface area contributed by atoms with Gasteiger partial charge in [-0.25, -0.2) is 5.10 Å². The fraction of sp³-hybridized carbons (Fsp3) is 0.100. The summed E-state index contributed by atoms with van der Waals surface area (Å²) in [5.74, 6) is -3.09. The van der Waals surface area contributed by atoms with Crippen molar-refractivity contribution in [1.82, 2.24) is 10.2 Å². The van der Waals surface area contributed by atoms with Crippen molar-refractivity contribution in [2.24, 2.45) is 11.5 Å². The molecule has 0 atom stereocenters. The zero-order valence-electron chi connectivity index (χ0n) is 16.0. The number of aromatic amines is 1. The van der Waals surface area contributed by atoms with E-state index < -0.39 is 30.3 Å². The van der Waals surface area contributed by atoms with Gasteiger partial charge in [0.1, 0.15) is 0 Å². The summed E-state index contributed by atoms with van der Waals surface area (Å²) in [5, 5.41) is 9.44. The zero-order valence-corrected chi connectivity index (χ0v) is 16.0. The van der Waals surface area contributed by atoms with Crippen molar-refractivity contribution in [1.29, 1.82) is 0 Å². The lowest BCUT2D eigenvalue weighted by Crippen LogP contribution is -2.23. The summed E-state index contributed by atoms with van der Waals surface area (Å²) in [7, 11) is 0. The summed E-state index contributed by atoms with van der Waals surface area (Å²) < 4.78 is 4.95. The molecule has 3 rings (SSSR count). The molecule has 6 N–H and O–H groups in total. The Morgan fingerprint density at radius 2 is 1.58 bits per heavy atom. The first-order chi connectivity index (χ1) is 14.7. The highest BCUT2D eigenvalue weighted by molar-refractivity contribution is 6.02. The van der Waals surface area contributed by atoms with Crippen LogP contribution in [0, 0.1) is 0 Å². The van der Waals surface area contributed by atoms with Gasteiger partial charge in [0.05, 0.1) is 17.5 Å². The Morgan fingerprint density at radius 3 is 2.19 bits per heavy atom. The lowest BCUT2D eigenvalue weighted by Gasteiger charge is -2.09. The number of hydrogen-bond donors (Lipinski definition) is 4. The first-order valence-corrected chi connectivity index (χ1v) is 8.91. The Bertz CT molecular complexity index is 1230. The number of hydrogen-bond acceptors (Lipinski definition) is 7. The maximum absolute atomic E-state index is 12.1. The number of esters is 1. The molecule has 0 saturated carbocycles. The van der Waals surface area contributed by atoms with Crippen LogP contribution in [-0.2, 0) is 20.7 Å². The van der Waals surface area contributed by atoms with Gasteiger partial charge in [-0.1, -0.05) is 18.2 Å². The summed E-state index contributed by atoms with van der Waals surface area (Å²) in [5.41, 5.74) is 10.3. The van der Waals surface area contributed by atoms with Gasteiger partial charge in [-0.3, -0.25) is 24.0 Å². The Morgan fingerprint density at radius 1 is 0.968 bits per heavy atom. The number of ether oxygens (including phenoxy) is 1. The molecule has 0 spiro atoms. The number of carbonyl (C=O) groups excluding carboxylic acids is 4. The number of amides is 3. The van der Waals surface area contributed by atoms with E-state index in [1.165, 1.54) is 18.2 Å². The standard InChI is InChI=1S/C20H17N5O6/c21-18(28)10-5-11(19(22)29)7-12(6-10)23-16(26)9-31-17(27)8-15-13-3-1-2-4-14(13)20(30)25-24-15/h1-7H,8-9H2,(H2,21,28)(H2,22,29)(H,23,26)(H,25,30). The van der Waals surface area contributed by atoms with Gasteiger partial charge >= 0.3 is 5.97 Å². The van der Waals surface area contributed by atoms with Crippen LogP contribution in [-0.4, -0.2) is 40.5 Å². The van der Waals surface area contributed by atoms with E-state index in [1.807, 2.05) is 0 Å². The zero-order chi connectivity index (χ0) is 22.5. The fourth-order valence-corrected chi connectivity index (χ4v) is 2.82. The van der Waals surface area contributed by atoms with E-state index in [-0.39, 0.29) is 28.8 Å². The predicted octanol–water partition coefficient (Wildman–Crippen LogP) is -0.155. The summed E-state index contributed by atoms with van der Waals surface area (Å²) in [6, 6.07) is 10.3. The van der Waals surface area contributed by atoms with Gasteiger partial charge < -0.3 is 21.5 Å². The van der Waals surface area contributed by atoms with E-state index in [9.17, 15) is 24.0 Å². The summed E-state index contributed by atoms with van der Waals surface area (Å²) in [6.07, 6.45) is -0.270. The molecule has 1 heterocycles. The lowest BCUT2D eigenvalue weighted by molar-refractivity contribution is -0.146. The third-order valence-electron chi connectivity index (χ3n) is 4.24. The molecule has 1 aromatic heterocycles. The number of nitrogens with zero attached hydrogens (tertiary/aromatic N) is 1. The normalized spacial score (nSPS) is 10.5. The van der Waals surface area contributed by atoms with Crippen LogP contribution >= 0.6 is 0 Å². The van der Waals surface area contributed by atoms with E-state index in [0.29, 0.717) is 16.5 Å². The molecule has 11 nitrogen and oxygen atoms in total. The van der Waals surface area contributed by atoms with Crippen molar-refractivity contribution < 1.29 is 23.9 Å². The number of primary amides is 2. The molecule has 0 aliphatic rings.